The summed E-state index contributed by atoms with van der Waals surface area (Å²) in [6.07, 6.45) is 3.70. The largest absolute Gasteiger partial charge is 0.399 e. The summed E-state index contributed by atoms with van der Waals surface area (Å²) in [6, 6.07) is 5.53. The van der Waals surface area contributed by atoms with Gasteiger partial charge in [0.05, 0.1) is 0 Å². The van der Waals surface area contributed by atoms with Crippen LogP contribution in [0.5, 0.6) is 0 Å². The first-order chi connectivity index (χ1) is 7.66. The van der Waals surface area contributed by atoms with Gasteiger partial charge in [0, 0.05) is 35.9 Å². The molecule has 2 aromatic rings. The summed E-state index contributed by atoms with van der Waals surface area (Å²) in [5, 5.41) is 1.72. The van der Waals surface area contributed by atoms with Crippen molar-refractivity contribution in [1.29, 1.82) is 0 Å². The van der Waals surface area contributed by atoms with E-state index in [1.165, 1.54) is 0 Å². The maximum atomic E-state index is 6.08. The Bertz CT molecular complexity index is 496. The molecular formula is C11H12ClN3S. The molecular weight excluding hydrogens is 242 g/mol. The van der Waals surface area contributed by atoms with Crippen molar-refractivity contribution in [3.8, 4) is 0 Å². The number of nitrogens with two attached hydrogens (primary N) is 1. The van der Waals surface area contributed by atoms with E-state index in [2.05, 4.69) is 4.98 Å². The molecule has 2 N–H and O–H groups in total. The van der Waals surface area contributed by atoms with Gasteiger partial charge in [-0.05, 0) is 23.8 Å². The number of benzene rings is 1. The van der Waals surface area contributed by atoms with E-state index in [1.807, 2.05) is 29.9 Å². The lowest BCUT2D eigenvalue weighted by molar-refractivity contribution is 0.790. The van der Waals surface area contributed by atoms with Crippen LogP contribution >= 0.6 is 23.4 Å². The zero-order chi connectivity index (χ0) is 11.5. The van der Waals surface area contributed by atoms with Crippen LogP contribution in [0, 0.1) is 0 Å². The number of aromatic nitrogens is 2. The van der Waals surface area contributed by atoms with Gasteiger partial charge in [-0.1, -0.05) is 23.4 Å². The molecule has 0 atom stereocenters. The van der Waals surface area contributed by atoms with Gasteiger partial charge in [0.2, 0.25) is 0 Å². The van der Waals surface area contributed by atoms with Gasteiger partial charge < -0.3 is 10.3 Å². The van der Waals surface area contributed by atoms with Crippen molar-refractivity contribution in [2.24, 2.45) is 7.05 Å². The number of imidazole rings is 1. The van der Waals surface area contributed by atoms with Crippen LogP contribution in [0.25, 0.3) is 0 Å². The summed E-state index contributed by atoms with van der Waals surface area (Å²) >= 11 is 7.72. The van der Waals surface area contributed by atoms with E-state index in [0.29, 0.717) is 0 Å². The second-order valence-corrected chi connectivity index (χ2v) is 4.81. The predicted molar refractivity (Wildman–Crippen MR) is 68.6 cm³/mol. The number of thioether (sulfide) groups is 1. The average Bonchev–Trinajstić information content (AvgIpc) is 2.66. The minimum Gasteiger partial charge on any atom is -0.399 e. The highest BCUT2D eigenvalue weighted by atomic mass is 35.5. The molecule has 1 aromatic heterocycles. The Morgan fingerprint density at radius 3 is 3.00 bits per heavy atom. The topological polar surface area (TPSA) is 43.8 Å². The Morgan fingerprint density at radius 2 is 2.31 bits per heavy atom. The summed E-state index contributed by atoms with van der Waals surface area (Å²) in [7, 11) is 1.97. The zero-order valence-corrected chi connectivity index (χ0v) is 10.4. The molecule has 0 aliphatic rings. The van der Waals surface area contributed by atoms with E-state index in [4.69, 9.17) is 17.3 Å². The maximum absolute atomic E-state index is 6.08. The standard InChI is InChI=1S/C11H12ClN3S/c1-15-5-4-14-11(15)16-7-8-6-9(13)2-3-10(8)12/h2-6H,7,13H2,1H3. The third-order valence-electron chi connectivity index (χ3n) is 2.20. The number of nitrogens with zero attached hydrogens (tertiary/aromatic N) is 2. The first-order valence-electron chi connectivity index (χ1n) is 4.81. The monoisotopic (exact) mass is 253 g/mol. The molecule has 16 heavy (non-hydrogen) atoms. The Hall–Kier alpha value is -1.13. The van der Waals surface area contributed by atoms with Crippen LogP contribution < -0.4 is 5.73 Å². The van der Waals surface area contributed by atoms with Crippen molar-refractivity contribution in [2.75, 3.05) is 5.73 Å². The van der Waals surface area contributed by atoms with E-state index in [-0.39, 0.29) is 0 Å². The van der Waals surface area contributed by atoms with Crippen LogP contribution in [0.15, 0.2) is 35.7 Å². The van der Waals surface area contributed by atoms with E-state index in [9.17, 15) is 0 Å². The summed E-state index contributed by atoms with van der Waals surface area (Å²) in [6.45, 7) is 0. The molecule has 0 unspecified atom stereocenters. The quantitative estimate of drug-likeness (QED) is 0.676. The molecule has 0 aliphatic heterocycles. The molecule has 0 bridgehead atoms. The summed E-state index contributed by atoms with van der Waals surface area (Å²) in [5.41, 5.74) is 7.49. The van der Waals surface area contributed by atoms with Crippen molar-refractivity contribution in [3.63, 3.8) is 0 Å². The molecule has 1 aromatic carbocycles. The fourth-order valence-corrected chi connectivity index (χ4v) is 2.53. The second-order valence-electron chi connectivity index (χ2n) is 3.46. The number of rotatable bonds is 3. The number of hydrogen-bond acceptors (Lipinski definition) is 3. The Morgan fingerprint density at radius 1 is 1.50 bits per heavy atom. The number of hydrogen-bond donors (Lipinski definition) is 1. The maximum Gasteiger partial charge on any atom is 0.167 e. The summed E-state index contributed by atoms with van der Waals surface area (Å²) < 4.78 is 1.98. The molecule has 0 saturated carbocycles. The molecule has 0 aliphatic carbocycles. The lowest BCUT2D eigenvalue weighted by Gasteiger charge is -2.05. The molecule has 1 heterocycles. The summed E-state index contributed by atoms with van der Waals surface area (Å²) in [5.74, 6) is 0.773. The van der Waals surface area contributed by atoms with Gasteiger partial charge >= 0.3 is 0 Å². The highest BCUT2D eigenvalue weighted by Gasteiger charge is 2.04. The van der Waals surface area contributed by atoms with Crippen LogP contribution in [0.1, 0.15) is 5.56 Å². The SMILES string of the molecule is Cn1ccnc1SCc1cc(N)ccc1Cl. The van der Waals surface area contributed by atoms with Crippen molar-refractivity contribution < 1.29 is 0 Å². The molecule has 0 saturated heterocycles. The molecule has 84 valence electrons. The molecule has 0 radical (unpaired) electrons. The zero-order valence-electron chi connectivity index (χ0n) is 8.85. The third kappa shape index (κ3) is 2.51. The molecule has 0 spiro atoms. The Balaban J connectivity index is 2.10. The van der Waals surface area contributed by atoms with E-state index >= 15 is 0 Å². The van der Waals surface area contributed by atoms with Crippen LogP contribution in [-0.4, -0.2) is 9.55 Å². The van der Waals surface area contributed by atoms with Gasteiger partial charge in [0.25, 0.3) is 0 Å². The number of nitrogen functional groups attached to an aromatic ring is 1. The van der Waals surface area contributed by atoms with E-state index in [0.717, 1.165) is 27.2 Å². The molecule has 5 heteroatoms. The van der Waals surface area contributed by atoms with Crippen LogP contribution in [0.4, 0.5) is 5.69 Å². The third-order valence-corrected chi connectivity index (χ3v) is 3.68. The second kappa shape index (κ2) is 4.80. The van der Waals surface area contributed by atoms with Gasteiger partial charge in [0.15, 0.2) is 5.16 Å². The fraction of sp³-hybridized carbons (Fsp3) is 0.182. The smallest absolute Gasteiger partial charge is 0.167 e. The highest BCUT2D eigenvalue weighted by molar-refractivity contribution is 7.98. The molecule has 0 fully saturated rings. The first-order valence-corrected chi connectivity index (χ1v) is 6.17. The lowest BCUT2D eigenvalue weighted by Crippen LogP contribution is -1.92. The minimum absolute atomic E-state index is 0.736. The van der Waals surface area contributed by atoms with Crippen LogP contribution in [-0.2, 0) is 12.8 Å². The number of halogens is 1. The number of aryl methyl sites for hydroxylation is 1. The van der Waals surface area contributed by atoms with Crippen molar-refractivity contribution in [1.82, 2.24) is 9.55 Å². The van der Waals surface area contributed by atoms with Gasteiger partial charge in [-0.15, -0.1) is 0 Å². The van der Waals surface area contributed by atoms with Crippen molar-refractivity contribution in [3.05, 3.63) is 41.2 Å². The van der Waals surface area contributed by atoms with Crippen molar-refractivity contribution in [2.45, 2.75) is 10.9 Å². The fourth-order valence-electron chi connectivity index (χ4n) is 1.34. The molecule has 0 amide bonds. The Kier molecular flexibility index (Phi) is 3.41. The predicted octanol–water partition coefficient (Wildman–Crippen LogP) is 2.95. The van der Waals surface area contributed by atoms with Gasteiger partial charge in [-0.2, -0.15) is 0 Å². The number of anilines is 1. The minimum atomic E-state index is 0.736. The van der Waals surface area contributed by atoms with Crippen molar-refractivity contribution >= 4 is 29.1 Å². The molecule has 3 nitrogen and oxygen atoms in total. The first kappa shape index (κ1) is 11.4. The average molecular weight is 254 g/mol. The van der Waals surface area contributed by atoms with Gasteiger partial charge in [-0.3, -0.25) is 0 Å². The molecule has 2 rings (SSSR count). The van der Waals surface area contributed by atoms with Crippen LogP contribution in [0.2, 0.25) is 5.02 Å². The Labute approximate surface area is 104 Å². The van der Waals surface area contributed by atoms with Gasteiger partial charge in [-0.25, -0.2) is 4.98 Å². The lowest BCUT2D eigenvalue weighted by atomic mass is 10.2. The highest BCUT2D eigenvalue weighted by Crippen LogP contribution is 2.26. The van der Waals surface area contributed by atoms with E-state index in [1.54, 1.807) is 24.0 Å². The normalized spacial score (nSPS) is 10.6. The van der Waals surface area contributed by atoms with Crippen LogP contribution in [0.3, 0.4) is 0 Å². The summed E-state index contributed by atoms with van der Waals surface area (Å²) in [4.78, 5) is 4.23. The van der Waals surface area contributed by atoms with Gasteiger partial charge in [0.1, 0.15) is 0 Å². The van der Waals surface area contributed by atoms with E-state index < -0.39 is 0 Å².